The van der Waals surface area contributed by atoms with E-state index >= 15 is 0 Å². The zero-order valence-corrected chi connectivity index (χ0v) is 20.7. The van der Waals surface area contributed by atoms with Crippen molar-refractivity contribution in [2.75, 3.05) is 13.7 Å². The molecule has 2 aromatic carbocycles. The molecule has 0 saturated carbocycles. The van der Waals surface area contributed by atoms with E-state index in [4.69, 9.17) is 9.47 Å². The number of hydrogen-bond acceptors (Lipinski definition) is 5. The Morgan fingerprint density at radius 1 is 1.00 bits per heavy atom. The number of ketones is 1. The van der Waals surface area contributed by atoms with E-state index in [0.29, 0.717) is 11.1 Å². The van der Waals surface area contributed by atoms with Crippen LogP contribution < -0.4 is 10.1 Å². The second-order valence-electron chi connectivity index (χ2n) is 8.56. The molecule has 0 bridgehead atoms. The number of rotatable bonds is 11. The van der Waals surface area contributed by atoms with Crippen molar-refractivity contribution < 1.29 is 23.9 Å². The third kappa shape index (κ3) is 7.06. The maximum atomic E-state index is 12.8. The van der Waals surface area contributed by atoms with Gasteiger partial charge in [0.2, 0.25) is 5.78 Å². The van der Waals surface area contributed by atoms with Gasteiger partial charge in [0, 0.05) is 35.1 Å². The first kappa shape index (κ1) is 25.7. The molecular formula is C28H32N2O5. The van der Waals surface area contributed by atoms with E-state index in [-0.39, 0.29) is 24.7 Å². The molecule has 1 aromatic heterocycles. The van der Waals surface area contributed by atoms with Crippen molar-refractivity contribution >= 4 is 17.7 Å². The van der Waals surface area contributed by atoms with E-state index in [1.54, 1.807) is 38.3 Å². The van der Waals surface area contributed by atoms with Crippen LogP contribution >= 0.6 is 0 Å². The lowest BCUT2D eigenvalue weighted by Crippen LogP contribution is -2.34. The quantitative estimate of drug-likeness (QED) is 0.330. The Balaban J connectivity index is 1.50. The number of aryl methyl sites for hydroxylation is 2. The number of hydrogen-bond donors (Lipinski definition) is 1. The number of esters is 1. The molecule has 1 atom stereocenters. The van der Waals surface area contributed by atoms with Crippen LogP contribution in [0.3, 0.4) is 0 Å². The molecule has 0 spiro atoms. The first-order valence-corrected chi connectivity index (χ1v) is 11.6. The number of aromatic nitrogens is 1. The van der Waals surface area contributed by atoms with Gasteiger partial charge in [-0.15, -0.1) is 0 Å². The van der Waals surface area contributed by atoms with Gasteiger partial charge in [-0.3, -0.25) is 14.4 Å². The average molecular weight is 477 g/mol. The standard InChI is InChI=1S/C28H32N2O5/c1-19(29-28(33)23-8-6-5-7-9-23)16-27(32)35-18-26(31)25-17-20(2)30(21(25)3)15-14-22-10-12-24(34-4)13-11-22/h5-13,17,19H,14-16,18H2,1-4H3,(H,29,33). The average Bonchev–Trinajstić information content (AvgIpc) is 3.15. The minimum atomic E-state index is -0.535. The summed E-state index contributed by atoms with van der Waals surface area (Å²) in [6.07, 6.45) is 0.794. The molecule has 3 rings (SSSR count). The van der Waals surface area contributed by atoms with Crippen molar-refractivity contribution in [3.8, 4) is 5.75 Å². The molecule has 1 unspecified atom stereocenters. The van der Waals surface area contributed by atoms with Gasteiger partial charge in [-0.1, -0.05) is 30.3 Å². The number of benzene rings is 2. The van der Waals surface area contributed by atoms with E-state index in [9.17, 15) is 14.4 Å². The predicted octanol–water partition coefficient (Wildman–Crippen LogP) is 4.29. The molecule has 0 saturated heterocycles. The van der Waals surface area contributed by atoms with Crippen LogP contribution in [0, 0.1) is 13.8 Å². The Labute approximate surface area is 206 Å². The Morgan fingerprint density at radius 2 is 1.69 bits per heavy atom. The SMILES string of the molecule is COc1ccc(CCn2c(C)cc(C(=O)COC(=O)CC(C)NC(=O)c3ccccc3)c2C)cc1. The van der Waals surface area contributed by atoms with Gasteiger partial charge < -0.3 is 19.4 Å². The van der Waals surface area contributed by atoms with E-state index in [1.165, 1.54) is 5.56 Å². The van der Waals surface area contributed by atoms with E-state index in [2.05, 4.69) is 9.88 Å². The highest BCUT2D eigenvalue weighted by Gasteiger charge is 2.19. The lowest BCUT2D eigenvalue weighted by molar-refractivity contribution is -0.142. The number of Topliss-reactive ketones (excluding diaryl/α,β-unsaturated/α-hetero) is 1. The van der Waals surface area contributed by atoms with E-state index in [1.807, 2.05) is 50.2 Å². The molecular weight excluding hydrogens is 444 g/mol. The van der Waals surface area contributed by atoms with E-state index in [0.717, 1.165) is 30.1 Å². The van der Waals surface area contributed by atoms with Gasteiger partial charge in [0.15, 0.2) is 6.61 Å². The number of methoxy groups -OCH3 is 1. The summed E-state index contributed by atoms with van der Waals surface area (Å²) in [6.45, 7) is 5.98. The first-order valence-electron chi connectivity index (χ1n) is 11.6. The first-order chi connectivity index (χ1) is 16.8. The van der Waals surface area contributed by atoms with Gasteiger partial charge in [-0.2, -0.15) is 0 Å². The maximum absolute atomic E-state index is 12.8. The second-order valence-corrected chi connectivity index (χ2v) is 8.56. The lowest BCUT2D eigenvalue weighted by Gasteiger charge is -2.13. The van der Waals surface area contributed by atoms with Crippen molar-refractivity contribution in [1.82, 2.24) is 9.88 Å². The second kappa shape index (κ2) is 12.0. The highest BCUT2D eigenvalue weighted by Crippen LogP contribution is 2.18. The van der Waals surface area contributed by atoms with Crippen LogP contribution in [0.15, 0.2) is 60.7 Å². The predicted molar refractivity (Wildman–Crippen MR) is 134 cm³/mol. The largest absolute Gasteiger partial charge is 0.497 e. The zero-order valence-electron chi connectivity index (χ0n) is 20.7. The van der Waals surface area contributed by atoms with Gasteiger partial charge in [-0.05, 0) is 63.1 Å². The maximum Gasteiger partial charge on any atom is 0.308 e. The Kier molecular flexibility index (Phi) is 8.84. The molecule has 3 aromatic rings. The van der Waals surface area contributed by atoms with Gasteiger partial charge in [0.1, 0.15) is 5.75 Å². The van der Waals surface area contributed by atoms with Crippen LogP contribution in [0.25, 0.3) is 0 Å². The Hall–Kier alpha value is -3.87. The van der Waals surface area contributed by atoms with Crippen LogP contribution in [0.2, 0.25) is 0 Å². The molecule has 7 heteroatoms. The molecule has 184 valence electrons. The van der Waals surface area contributed by atoms with E-state index < -0.39 is 12.0 Å². The third-order valence-electron chi connectivity index (χ3n) is 5.91. The molecule has 0 fully saturated rings. The van der Waals surface area contributed by atoms with Crippen molar-refractivity contribution in [1.29, 1.82) is 0 Å². The topological polar surface area (TPSA) is 86.6 Å². The number of ether oxygens (including phenoxy) is 2. The lowest BCUT2D eigenvalue weighted by atomic mass is 10.1. The fourth-order valence-electron chi connectivity index (χ4n) is 3.94. The van der Waals surface area contributed by atoms with Crippen LogP contribution in [-0.2, 0) is 22.5 Å². The number of nitrogens with one attached hydrogen (secondary N) is 1. The highest BCUT2D eigenvalue weighted by atomic mass is 16.5. The summed E-state index contributed by atoms with van der Waals surface area (Å²) >= 11 is 0. The molecule has 0 aliphatic heterocycles. The molecule has 1 heterocycles. The molecule has 35 heavy (non-hydrogen) atoms. The molecule has 0 aliphatic carbocycles. The van der Waals surface area contributed by atoms with Gasteiger partial charge in [0.05, 0.1) is 13.5 Å². The number of amides is 1. The summed E-state index contributed by atoms with van der Waals surface area (Å²) in [7, 11) is 1.64. The van der Waals surface area contributed by atoms with Crippen molar-refractivity contribution in [3.05, 3.63) is 88.7 Å². The number of carbonyl (C=O) groups is 3. The molecule has 1 N–H and O–H groups in total. The van der Waals surface area contributed by atoms with Crippen LogP contribution in [0.4, 0.5) is 0 Å². The monoisotopic (exact) mass is 476 g/mol. The molecule has 1 amide bonds. The summed E-state index contributed by atoms with van der Waals surface area (Å²) < 4.78 is 12.5. The smallest absolute Gasteiger partial charge is 0.308 e. The van der Waals surface area contributed by atoms with Gasteiger partial charge >= 0.3 is 5.97 Å². The Bertz CT molecular complexity index is 1170. The highest BCUT2D eigenvalue weighted by molar-refractivity contribution is 5.99. The van der Waals surface area contributed by atoms with Gasteiger partial charge in [0.25, 0.3) is 5.91 Å². The van der Waals surface area contributed by atoms with Crippen molar-refractivity contribution in [3.63, 3.8) is 0 Å². The minimum absolute atomic E-state index is 0.0211. The van der Waals surface area contributed by atoms with Crippen LogP contribution in [0.1, 0.15) is 51.0 Å². The normalized spacial score (nSPS) is 11.5. The number of nitrogens with zero attached hydrogens (tertiary/aromatic N) is 1. The zero-order chi connectivity index (χ0) is 25.4. The fraction of sp³-hybridized carbons (Fsp3) is 0.321. The number of carbonyl (C=O) groups excluding carboxylic acids is 3. The summed E-state index contributed by atoms with van der Waals surface area (Å²) in [5.41, 5.74) is 4.07. The molecule has 0 radical (unpaired) electrons. The van der Waals surface area contributed by atoms with Crippen molar-refractivity contribution in [2.45, 2.75) is 46.2 Å². The molecule has 7 nitrogen and oxygen atoms in total. The van der Waals surface area contributed by atoms with Crippen LogP contribution in [0.5, 0.6) is 5.75 Å². The third-order valence-corrected chi connectivity index (χ3v) is 5.91. The minimum Gasteiger partial charge on any atom is -0.497 e. The summed E-state index contributed by atoms with van der Waals surface area (Å²) in [4.78, 5) is 37.2. The van der Waals surface area contributed by atoms with Gasteiger partial charge in [-0.25, -0.2) is 0 Å². The summed E-state index contributed by atoms with van der Waals surface area (Å²) in [5.74, 6) is -0.225. The summed E-state index contributed by atoms with van der Waals surface area (Å²) in [5, 5.41) is 2.77. The Morgan fingerprint density at radius 3 is 2.34 bits per heavy atom. The van der Waals surface area contributed by atoms with Crippen LogP contribution in [-0.4, -0.2) is 42.0 Å². The molecule has 0 aliphatic rings. The summed E-state index contributed by atoms with van der Waals surface area (Å²) in [6, 6.07) is 18.1. The van der Waals surface area contributed by atoms with Crippen molar-refractivity contribution in [2.24, 2.45) is 0 Å². The fourth-order valence-corrected chi connectivity index (χ4v) is 3.94.